The van der Waals surface area contributed by atoms with Gasteiger partial charge in [0.2, 0.25) is 5.82 Å². The number of rotatable bonds is 8. The molecule has 1 aliphatic rings. The van der Waals surface area contributed by atoms with Gasteiger partial charge in [-0.25, -0.2) is 9.78 Å². The first kappa shape index (κ1) is 27.1. The summed E-state index contributed by atoms with van der Waals surface area (Å²) in [5.74, 6) is -2.13. The van der Waals surface area contributed by atoms with E-state index in [0.29, 0.717) is 16.7 Å². The van der Waals surface area contributed by atoms with Gasteiger partial charge in [-0.15, -0.1) is 24.5 Å². The summed E-state index contributed by atoms with van der Waals surface area (Å²) >= 11 is 1.09. The standard InChI is InChI=1S/C25H22F3N3O6S/c1-13-7-15(5-6-16(13)10-32)24(35)36-11-17-12-38-23-19(17)21(33)30-20(31-23)22(34)29-9-14-3-2-4-18(8-14)37-25(26,27)28/h2-8,12-13,16,32H,9-11H2,1H3,(H,29,34)(H,30,31,33). The second-order valence-corrected chi connectivity index (χ2v) is 9.35. The molecule has 1 aliphatic carbocycles. The molecule has 0 bridgehead atoms. The third kappa shape index (κ3) is 6.47. The lowest BCUT2D eigenvalue weighted by Gasteiger charge is -2.20. The van der Waals surface area contributed by atoms with Crippen LogP contribution in [0.15, 0.2) is 58.2 Å². The van der Waals surface area contributed by atoms with E-state index >= 15 is 0 Å². The van der Waals surface area contributed by atoms with Crippen LogP contribution in [-0.2, 0) is 22.7 Å². The van der Waals surface area contributed by atoms with Gasteiger partial charge in [0.05, 0.1) is 11.0 Å². The Bertz CT molecular complexity index is 1480. The minimum Gasteiger partial charge on any atom is -0.457 e. The van der Waals surface area contributed by atoms with Gasteiger partial charge in [0.25, 0.3) is 11.5 Å². The van der Waals surface area contributed by atoms with Crippen LogP contribution in [-0.4, -0.2) is 39.9 Å². The number of amides is 1. The van der Waals surface area contributed by atoms with Gasteiger partial charge in [-0.1, -0.05) is 37.3 Å². The Morgan fingerprint density at radius 2 is 2.08 bits per heavy atom. The predicted octanol–water partition coefficient (Wildman–Crippen LogP) is 3.60. The molecule has 0 saturated heterocycles. The number of alkyl halides is 3. The lowest BCUT2D eigenvalue weighted by Crippen LogP contribution is -2.27. The first-order valence-corrected chi connectivity index (χ1v) is 12.2. The number of thiophene rings is 1. The van der Waals surface area contributed by atoms with Gasteiger partial charge < -0.3 is 24.9 Å². The van der Waals surface area contributed by atoms with Crippen LogP contribution in [0.5, 0.6) is 5.75 Å². The van der Waals surface area contributed by atoms with Crippen LogP contribution in [0, 0.1) is 11.8 Å². The summed E-state index contributed by atoms with van der Waals surface area (Å²) in [5, 5.41) is 13.6. The third-order valence-corrected chi connectivity index (χ3v) is 6.69. The highest BCUT2D eigenvalue weighted by atomic mass is 32.1. The number of aromatic nitrogens is 2. The molecule has 4 rings (SSSR count). The minimum absolute atomic E-state index is 0.0305. The van der Waals surface area contributed by atoms with Crippen LogP contribution in [0.1, 0.15) is 28.7 Å². The molecule has 1 aromatic carbocycles. The number of benzene rings is 1. The van der Waals surface area contributed by atoms with E-state index < -0.39 is 29.5 Å². The summed E-state index contributed by atoms with van der Waals surface area (Å²) < 4.78 is 46.5. The van der Waals surface area contributed by atoms with Crippen LogP contribution in [0.25, 0.3) is 10.2 Å². The molecule has 2 atom stereocenters. The summed E-state index contributed by atoms with van der Waals surface area (Å²) in [5.41, 5.74) is 0.502. The summed E-state index contributed by atoms with van der Waals surface area (Å²) in [6.45, 7) is 1.53. The number of halogens is 3. The Morgan fingerprint density at radius 1 is 1.29 bits per heavy atom. The zero-order chi connectivity index (χ0) is 27.4. The summed E-state index contributed by atoms with van der Waals surface area (Å²) in [4.78, 5) is 44.5. The van der Waals surface area contributed by atoms with Crippen molar-refractivity contribution >= 4 is 33.4 Å². The normalized spacial score (nSPS) is 17.2. The number of carbonyl (C=O) groups excluding carboxylic acids is 2. The lowest BCUT2D eigenvalue weighted by molar-refractivity contribution is -0.274. The molecule has 13 heteroatoms. The summed E-state index contributed by atoms with van der Waals surface area (Å²) in [7, 11) is 0. The van der Waals surface area contributed by atoms with Gasteiger partial charge >= 0.3 is 12.3 Å². The first-order valence-electron chi connectivity index (χ1n) is 11.4. The molecular weight excluding hydrogens is 527 g/mol. The number of nitrogens with zero attached hydrogens (tertiary/aromatic N) is 1. The fourth-order valence-corrected chi connectivity index (χ4v) is 4.72. The Kier molecular flexibility index (Phi) is 7.97. The second-order valence-electron chi connectivity index (χ2n) is 8.50. The molecule has 2 unspecified atom stereocenters. The maximum absolute atomic E-state index is 12.7. The van der Waals surface area contributed by atoms with Crippen molar-refractivity contribution in [2.24, 2.45) is 11.8 Å². The van der Waals surface area contributed by atoms with Gasteiger partial charge in [0.1, 0.15) is 17.2 Å². The highest BCUT2D eigenvalue weighted by Gasteiger charge is 2.31. The quantitative estimate of drug-likeness (QED) is 0.366. The van der Waals surface area contributed by atoms with Crippen LogP contribution in [0.2, 0.25) is 0 Å². The lowest BCUT2D eigenvalue weighted by atomic mass is 9.88. The van der Waals surface area contributed by atoms with Gasteiger partial charge in [-0.05, 0) is 23.6 Å². The molecule has 0 fully saturated rings. The van der Waals surface area contributed by atoms with E-state index in [1.165, 1.54) is 12.1 Å². The fourth-order valence-electron chi connectivity index (χ4n) is 3.79. The molecule has 3 N–H and O–H groups in total. The highest BCUT2D eigenvalue weighted by molar-refractivity contribution is 7.16. The van der Waals surface area contributed by atoms with Crippen LogP contribution < -0.4 is 15.6 Å². The Balaban J connectivity index is 1.41. The number of hydrogen-bond acceptors (Lipinski definition) is 8. The zero-order valence-electron chi connectivity index (χ0n) is 19.9. The van der Waals surface area contributed by atoms with Gasteiger partial charge in [-0.3, -0.25) is 9.59 Å². The molecule has 2 heterocycles. The van der Waals surface area contributed by atoms with Crippen LogP contribution >= 0.6 is 11.3 Å². The fraction of sp³-hybridized carbons (Fsp3) is 0.280. The molecule has 0 radical (unpaired) electrons. The van der Waals surface area contributed by atoms with E-state index in [1.54, 1.807) is 23.6 Å². The molecule has 0 spiro atoms. The zero-order valence-corrected chi connectivity index (χ0v) is 20.7. The van der Waals surface area contributed by atoms with E-state index in [1.807, 2.05) is 6.92 Å². The number of allylic oxidation sites excluding steroid dienone is 1. The number of ether oxygens (including phenoxy) is 2. The summed E-state index contributed by atoms with van der Waals surface area (Å²) in [6, 6.07) is 5.11. The van der Waals surface area contributed by atoms with Crippen LogP contribution in [0.3, 0.4) is 0 Å². The first-order chi connectivity index (χ1) is 18.0. The number of H-pyrrole nitrogens is 1. The van der Waals surface area contributed by atoms with Crippen molar-refractivity contribution in [1.82, 2.24) is 15.3 Å². The largest absolute Gasteiger partial charge is 0.573 e. The van der Waals surface area contributed by atoms with E-state index in [4.69, 9.17) is 4.74 Å². The maximum atomic E-state index is 12.7. The van der Waals surface area contributed by atoms with E-state index in [0.717, 1.165) is 23.5 Å². The molecule has 200 valence electrons. The van der Waals surface area contributed by atoms with Crippen molar-refractivity contribution < 1.29 is 37.3 Å². The average molecular weight is 550 g/mol. The monoisotopic (exact) mass is 549 g/mol. The van der Waals surface area contributed by atoms with E-state index in [2.05, 4.69) is 20.0 Å². The Hall–Kier alpha value is -3.97. The third-order valence-electron chi connectivity index (χ3n) is 5.77. The number of aliphatic hydroxyl groups excluding tert-OH is 1. The topological polar surface area (TPSA) is 131 Å². The highest BCUT2D eigenvalue weighted by Crippen LogP contribution is 2.26. The average Bonchev–Trinajstić information content (AvgIpc) is 3.28. The Morgan fingerprint density at radius 3 is 2.79 bits per heavy atom. The van der Waals surface area contributed by atoms with E-state index in [9.17, 15) is 32.7 Å². The molecule has 38 heavy (non-hydrogen) atoms. The molecule has 3 aromatic rings. The van der Waals surface area contributed by atoms with Crippen molar-refractivity contribution in [2.45, 2.75) is 26.4 Å². The molecule has 0 aliphatic heterocycles. The van der Waals surface area contributed by atoms with Crippen molar-refractivity contribution in [1.29, 1.82) is 0 Å². The van der Waals surface area contributed by atoms with Crippen LogP contribution in [0.4, 0.5) is 13.2 Å². The second kappa shape index (κ2) is 11.2. The SMILES string of the molecule is CC1C=C(C(=O)OCc2csc3nc(C(=O)NCc4cccc(OC(F)(F)F)c4)[nH]c(=O)c23)C=CC1CO. The van der Waals surface area contributed by atoms with Gasteiger partial charge in [-0.2, -0.15) is 0 Å². The number of hydrogen-bond donors (Lipinski definition) is 3. The number of aromatic amines is 1. The number of nitrogens with one attached hydrogen (secondary N) is 2. The molecular formula is C25H22F3N3O6S. The van der Waals surface area contributed by atoms with Crippen molar-refractivity contribution in [2.75, 3.05) is 6.61 Å². The molecule has 9 nitrogen and oxygen atoms in total. The number of carbonyl (C=O) groups is 2. The van der Waals surface area contributed by atoms with Crippen molar-refractivity contribution in [3.05, 3.63) is 80.8 Å². The van der Waals surface area contributed by atoms with Gasteiger partial charge in [0, 0.05) is 30.0 Å². The molecule has 0 saturated carbocycles. The van der Waals surface area contributed by atoms with Crippen molar-refractivity contribution in [3.8, 4) is 5.75 Å². The van der Waals surface area contributed by atoms with Crippen molar-refractivity contribution in [3.63, 3.8) is 0 Å². The number of esters is 1. The van der Waals surface area contributed by atoms with E-state index in [-0.39, 0.29) is 47.6 Å². The maximum Gasteiger partial charge on any atom is 0.573 e. The number of aliphatic hydroxyl groups is 1. The minimum atomic E-state index is -4.84. The Labute approximate surface area is 217 Å². The van der Waals surface area contributed by atoms with Gasteiger partial charge in [0.15, 0.2) is 0 Å². The molecule has 1 amide bonds. The number of fused-ring (bicyclic) bond motifs is 1. The predicted molar refractivity (Wildman–Crippen MR) is 131 cm³/mol. The molecule has 2 aromatic heterocycles. The summed E-state index contributed by atoms with van der Waals surface area (Å²) in [6.07, 6.45) is 0.211. The smallest absolute Gasteiger partial charge is 0.457 e.